The minimum atomic E-state index is -3.50. The normalized spacial score (nSPS) is 18.6. The molecule has 0 saturated carbocycles. The maximum atomic E-state index is 12.4. The van der Waals surface area contributed by atoms with E-state index in [1.165, 1.54) is 4.31 Å². The molecule has 1 atom stereocenters. The van der Waals surface area contributed by atoms with Crippen LogP contribution in [0.4, 0.5) is 0 Å². The number of nitrogens with zero attached hydrogens (tertiary/aromatic N) is 1. The Morgan fingerprint density at radius 2 is 1.75 bits per heavy atom. The van der Waals surface area contributed by atoms with Crippen LogP contribution in [-0.2, 0) is 14.8 Å². The molecule has 1 saturated heterocycles. The lowest BCUT2D eigenvalue weighted by Crippen LogP contribution is -2.53. The Balaban J connectivity index is 2.16. The smallest absolute Gasteiger partial charge is 0.306 e. The highest BCUT2D eigenvalue weighted by Gasteiger charge is 2.41. The standard InChI is InChI=1S/C14H19NO4S/c1-9-4-10(2)6-13(5-9)20(18,19)15-7-12(8-15)11(3)14(16)17/h4-6,11-12H,7-8H2,1-3H3,(H,16,17). The summed E-state index contributed by atoms with van der Waals surface area (Å²) in [5.74, 6) is -1.49. The number of carboxylic acid groups (broad SMARTS) is 1. The molecule has 1 N–H and O–H groups in total. The molecule has 5 nitrogen and oxygen atoms in total. The first-order valence-electron chi connectivity index (χ1n) is 6.53. The van der Waals surface area contributed by atoms with Crippen molar-refractivity contribution in [3.05, 3.63) is 29.3 Å². The average molecular weight is 297 g/mol. The summed E-state index contributed by atoms with van der Waals surface area (Å²) in [6.45, 7) is 5.90. The molecule has 0 aliphatic carbocycles. The minimum absolute atomic E-state index is 0.104. The summed E-state index contributed by atoms with van der Waals surface area (Å²) in [6.07, 6.45) is 0. The minimum Gasteiger partial charge on any atom is -0.481 e. The molecule has 2 rings (SSSR count). The number of benzene rings is 1. The fraction of sp³-hybridized carbons (Fsp3) is 0.500. The van der Waals surface area contributed by atoms with Gasteiger partial charge >= 0.3 is 5.97 Å². The van der Waals surface area contributed by atoms with Crippen LogP contribution in [0.2, 0.25) is 0 Å². The van der Waals surface area contributed by atoms with Gasteiger partial charge in [-0.25, -0.2) is 8.42 Å². The summed E-state index contributed by atoms with van der Waals surface area (Å²) in [5, 5.41) is 8.93. The van der Waals surface area contributed by atoms with Gasteiger partial charge < -0.3 is 5.11 Å². The fourth-order valence-corrected chi connectivity index (χ4v) is 4.16. The van der Waals surface area contributed by atoms with Crippen molar-refractivity contribution in [2.75, 3.05) is 13.1 Å². The van der Waals surface area contributed by atoms with Crippen molar-refractivity contribution in [1.29, 1.82) is 0 Å². The number of hydrogen-bond acceptors (Lipinski definition) is 3. The van der Waals surface area contributed by atoms with Gasteiger partial charge in [-0.15, -0.1) is 0 Å². The van der Waals surface area contributed by atoms with Gasteiger partial charge in [0.2, 0.25) is 10.0 Å². The third kappa shape index (κ3) is 2.71. The molecule has 110 valence electrons. The molecule has 1 heterocycles. The van der Waals surface area contributed by atoms with E-state index in [-0.39, 0.29) is 23.9 Å². The molecule has 0 radical (unpaired) electrons. The molecule has 6 heteroatoms. The van der Waals surface area contributed by atoms with E-state index in [1.807, 2.05) is 19.9 Å². The second kappa shape index (κ2) is 5.18. The van der Waals surface area contributed by atoms with Crippen molar-refractivity contribution in [3.63, 3.8) is 0 Å². The summed E-state index contributed by atoms with van der Waals surface area (Å²) >= 11 is 0. The van der Waals surface area contributed by atoms with Crippen LogP contribution in [0.5, 0.6) is 0 Å². The van der Waals surface area contributed by atoms with Crippen LogP contribution in [0.1, 0.15) is 18.1 Å². The lowest BCUT2D eigenvalue weighted by atomic mass is 9.89. The third-order valence-corrected chi connectivity index (χ3v) is 5.62. The van der Waals surface area contributed by atoms with Crippen molar-refractivity contribution in [2.24, 2.45) is 11.8 Å². The number of sulfonamides is 1. The number of carbonyl (C=O) groups is 1. The summed E-state index contributed by atoms with van der Waals surface area (Å²) in [4.78, 5) is 11.2. The highest BCUT2D eigenvalue weighted by molar-refractivity contribution is 7.89. The zero-order valence-corrected chi connectivity index (χ0v) is 12.6. The molecular weight excluding hydrogens is 278 g/mol. The van der Waals surface area contributed by atoms with E-state index in [1.54, 1.807) is 19.1 Å². The molecule has 20 heavy (non-hydrogen) atoms. The maximum absolute atomic E-state index is 12.4. The Kier molecular flexibility index (Phi) is 3.88. The summed E-state index contributed by atoms with van der Waals surface area (Å²) in [5.41, 5.74) is 1.80. The molecule has 1 aliphatic heterocycles. The highest BCUT2D eigenvalue weighted by atomic mass is 32.2. The second-order valence-electron chi connectivity index (χ2n) is 5.53. The predicted octanol–water partition coefficient (Wildman–Crippen LogP) is 1.64. The maximum Gasteiger partial charge on any atom is 0.306 e. The van der Waals surface area contributed by atoms with E-state index in [2.05, 4.69) is 0 Å². The monoisotopic (exact) mass is 297 g/mol. The molecule has 0 spiro atoms. The molecule has 1 unspecified atom stereocenters. The quantitative estimate of drug-likeness (QED) is 0.917. The van der Waals surface area contributed by atoms with Gasteiger partial charge in [0.15, 0.2) is 0 Å². The molecule has 1 aromatic rings. The fourth-order valence-electron chi connectivity index (χ4n) is 2.41. The molecule has 0 amide bonds. The number of aliphatic carboxylic acids is 1. The van der Waals surface area contributed by atoms with E-state index >= 15 is 0 Å². The molecule has 1 aliphatic rings. The van der Waals surface area contributed by atoms with Crippen LogP contribution in [-0.4, -0.2) is 36.9 Å². The van der Waals surface area contributed by atoms with Gasteiger partial charge in [0.1, 0.15) is 0 Å². The predicted molar refractivity (Wildman–Crippen MR) is 75.0 cm³/mol. The van der Waals surface area contributed by atoms with Crippen molar-refractivity contribution < 1.29 is 18.3 Å². The number of rotatable bonds is 4. The van der Waals surface area contributed by atoms with Crippen LogP contribution in [0, 0.1) is 25.7 Å². The first kappa shape index (κ1) is 15.0. The Hall–Kier alpha value is -1.40. The van der Waals surface area contributed by atoms with E-state index in [0.29, 0.717) is 0 Å². The van der Waals surface area contributed by atoms with Crippen molar-refractivity contribution >= 4 is 16.0 Å². The number of carboxylic acids is 1. The second-order valence-corrected chi connectivity index (χ2v) is 7.47. The molecule has 1 fully saturated rings. The summed E-state index contributed by atoms with van der Waals surface area (Å²) in [7, 11) is -3.50. The summed E-state index contributed by atoms with van der Waals surface area (Å²) < 4.78 is 26.2. The van der Waals surface area contributed by atoms with Crippen LogP contribution < -0.4 is 0 Å². The summed E-state index contributed by atoms with van der Waals surface area (Å²) in [6, 6.07) is 5.22. The number of hydrogen-bond donors (Lipinski definition) is 1. The Labute approximate surface area is 119 Å². The van der Waals surface area contributed by atoms with Crippen LogP contribution in [0.25, 0.3) is 0 Å². The highest BCUT2D eigenvalue weighted by Crippen LogP contribution is 2.30. The van der Waals surface area contributed by atoms with Gasteiger partial charge in [0, 0.05) is 13.1 Å². The molecule has 1 aromatic carbocycles. The van der Waals surface area contributed by atoms with Crippen molar-refractivity contribution in [1.82, 2.24) is 4.31 Å². The molecular formula is C14H19NO4S. The SMILES string of the molecule is Cc1cc(C)cc(S(=O)(=O)N2CC(C(C)C(=O)O)C2)c1. The van der Waals surface area contributed by atoms with Gasteiger partial charge in [-0.2, -0.15) is 4.31 Å². The first-order chi connectivity index (χ1) is 9.21. The van der Waals surface area contributed by atoms with Crippen LogP contribution in [0.3, 0.4) is 0 Å². The average Bonchev–Trinajstić information content (AvgIpc) is 2.24. The largest absolute Gasteiger partial charge is 0.481 e. The Morgan fingerprint density at radius 1 is 1.25 bits per heavy atom. The lowest BCUT2D eigenvalue weighted by molar-refractivity contribution is -0.144. The van der Waals surface area contributed by atoms with Crippen LogP contribution in [0.15, 0.2) is 23.1 Å². The zero-order valence-electron chi connectivity index (χ0n) is 11.8. The van der Waals surface area contributed by atoms with Gasteiger partial charge in [0.05, 0.1) is 10.8 Å². The van der Waals surface area contributed by atoms with Crippen LogP contribution >= 0.6 is 0 Å². The van der Waals surface area contributed by atoms with Gasteiger partial charge in [-0.05, 0) is 43.0 Å². The molecule has 0 aromatic heterocycles. The number of aryl methyl sites for hydroxylation is 2. The Morgan fingerprint density at radius 3 is 2.20 bits per heavy atom. The third-order valence-electron chi connectivity index (χ3n) is 3.81. The van der Waals surface area contributed by atoms with Crippen molar-refractivity contribution in [3.8, 4) is 0 Å². The topological polar surface area (TPSA) is 74.7 Å². The molecule has 0 bridgehead atoms. The first-order valence-corrected chi connectivity index (χ1v) is 7.97. The van der Waals surface area contributed by atoms with Crippen molar-refractivity contribution in [2.45, 2.75) is 25.7 Å². The van der Waals surface area contributed by atoms with E-state index in [9.17, 15) is 13.2 Å². The van der Waals surface area contributed by atoms with E-state index in [0.717, 1.165) is 11.1 Å². The van der Waals surface area contributed by atoms with Gasteiger partial charge in [-0.3, -0.25) is 4.79 Å². The van der Waals surface area contributed by atoms with E-state index in [4.69, 9.17) is 5.11 Å². The van der Waals surface area contributed by atoms with Gasteiger partial charge in [0.25, 0.3) is 0 Å². The van der Waals surface area contributed by atoms with E-state index < -0.39 is 21.9 Å². The lowest BCUT2D eigenvalue weighted by Gasteiger charge is -2.40. The van der Waals surface area contributed by atoms with Gasteiger partial charge in [-0.1, -0.05) is 13.0 Å². The zero-order chi connectivity index (χ0) is 15.1. The Bertz CT molecular complexity index is 612.